The van der Waals surface area contributed by atoms with Crippen LogP contribution in [0.4, 0.5) is 0 Å². The van der Waals surface area contributed by atoms with Crippen molar-refractivity contribution < 1.29 is 4.79 Å². The average molecular weight is 186 g/mol. The quantitative estimate of drug-likeness (QED) is 0.610. The van der Waals surface area contributed by atoms with Crippen molar-refractivity contribution >= 4 is 5.91 Å². The molecule has 0 bridgehead atoms. The highest BCUT2D eigenvalue weighted by Crippen LogP contribution is 2.00. The maximum absolute atomic E-state index is 11.5. The highest BCUT2D eigenvalue weighted by Gasteiger charge is 2.08. The van der Waals surface area contributed by atoms with Gasteiger partial charge < -0.3 is 10.6 Å². The maximum Gasteiger partial charge on any atom is 0.222 e. The van der Waals surface area contributed by atoms with E-state index in [0.29, 0.717) is 6.42 Å². The summed E-state index contributed by atoms with van der Waals surface area (Å²) in [7, 11) is 0. The molecule has 0 aliphatic rings. The Balaban J connectivity index is 3.67. The third-order valence-electron chi connectivity index (χ3n) is 2.08. The van der Waals surface area contributed by atoms with E-state index in [1.807, 2.05) is 18.7 Å². The topological polar surface area (TPSA) is 46.3 Å². The van der Waals surface area contributed by atoms with Crippen LogP contribution in [0.5, 0.6) is 0 Å². The van der Waals surface area contributed by atoms with E-state index in [4.69, 9.17) is 5.73 Å². The van der Waals surface area contributed by atoms with Crippen molar-refractivity contribution in [1.82, 2.24) is 4.90 Å². The minimum atomic E-state index is 0.280. The first kappa shape index (κ1) is 12.4. The first-order valence-corrected chi connectivity index (χ1v) is 5.24. The van der Waals surface area contributed by atoms with Gasteiger partial charge in [0.05, 0.1) is 0 Å². The minimum absolute atomic E-state index is 0.280. The fourth-order valence-electron chi connectivity index (χ4n) is 1.28. The van der Waals surface area contributed by atoms with Crippen molar-refractivity contribution in [2.75, 3.05) is 19.6 Å². The molecule has 0 spiro atoms. The summed E-state index contributed by atoms with van der Waals surface area (Å²) in [4.78, 5) is 13.4. The zero-order valence-corrected chi connectivity index (χ0v) is 8.88. The lowest BCUT2D eigenvalue weighted by molar-refractivity contribution is -0.131. The van der Waals surface area contributed by atoms with E-state index in [9.17, 15) is 4.79 Å². The third kappa shape index (κ3) is 5.64. The second-order valence-corrected chi connectivity index (χ2v) is 3.22. The number of rotatable bonds is 7. The molecule has 0 aliphatic heterocycles. The molecule has 0 aliphatic carbocycles. The van der Waals surface area contributed by atoms with Gasteiger partial charge in [-0.1, -0.05) is 6.92 Å². The second-order valence-electron chi connectivity index (χ2n) is 3.22. The Kier molecular flexibility index (Phi) is 7.69. The smallest absolute Gasteiger partial charge is 0.222 e. The highest BCUT2D eigenvalue weighted by atomic mass is 16.2. The molecule has 0 aromatic carbocycles. The maximum atomic E-state index is 11.5. The molecule has 0 fully saturated rings. The van der Waals surface area contributed by atoms with Gasteiger partial charge in [0, 0.05) is 19.5 Å². The standard InChI is InChI=1S/C10H22N2O/c1-3-7-10(13)12(4-2)9-6-5-8-11/h3-9,11H2,1-2H3. The Labute approximate surface area is 81.3 Å². The molecule has 0 aromatic rings. The number of nitrogens with two attached hydrogens (primary N) is 1. The van der Waals surface area contributed by atoms with Crippen LogP contribution < -0.4 is 5.73 Å². The van der Waals surface area contributed by atoms with E-state index in [0.717, 1.165) is 38.9 Å². The number of hydrogen-bond acceptors (Lipinski definition) is 2. The van der Waals surface area contributed by atoms with Crippen LogP contribution in [0.1, 0.15) is 39.5 Å². The van der Waals surface area contributed by atoms with E-state index < -0.39 is 0 Å². The summed E-state index contributed by atoms with van der Waals surface area (Å²) in [5, 5.41) is 0. The van der Waals surface area contributed by atoms with Crippen LogP contribution in [0.2, 0.25) is 0 Å². The molecule has 3 heteroatoms. The van der Waals surface area contributed by atoms with E-state index in [2.05, 4.69) is 0 Å². The van der Waals surface area contributed by atoms with Gasteiger partial charge in [0.25, 0.3) is 0 Å². The first-order chi connectivity index (χ1) is 6.26. The minimum Gasteiger partial charge on any atom is -0.343 e. The van der Waals surface area contributed by atoms with E-state index in [-0.39, 0.29) is 5.91 Å². The molecule has 13 heavy (non-hydrogen) atoms. The summed E-state index contributed by atoms with van der Waals surface area (Å²) in [6.07, 6.45) is 3.65. The van der Waals surface area contributed by atoms with Crippen LogP contribution in [0.25, 0.3) is 0 Å². The molecule has 0 unspecified atom stereocenters. The van der Waals surface area contributed by atoms with Gasteiger partial charge in [-0.3, -0.25) is 4.79 Å². The molecule has 78 valence electrons. The van der Waals surface area contributed by atoms with Crippen molar-refractivity contribution in [2.24, 2.45) is 5.73 Å². The number of hydrogen-bond donors (Lipinski definition) is 1. The number of carbonyl (C=O) groups is 1. The van der Waals surface area contributed by atoms with Gasteiger partial charge in [0.2, 0.25) is 5.91 Å². The molecule has 0 rings (SSSR count). The summed E-state index contributed by atoms with van der Waals surface area (Å²) in [5.74, 6) is 0.280. The molecule has 0 atom stereocenters. The number of nitrogens with zero attached hydrogens (tertiary/aromatic N) is 1. The SMILES string of the molecule is CCCC(=O)N(CC)CCCCN. The van der Waals surface area contributed by atoms with Gasteiger partial charge in [-0.25, -0.2) is 0 Å². The van der Waals surface area contributed by atoms with Crippen molar-refractivity contribution in [1.29, 1.82) is 0 Å². The van der Waals surface area contributed by atoms with Crippen LogP contribution in [0, 0.1) is 0 Å². The molecular weight excluding hydrogens is 164 g/mol. The van der Waals surface area contributed by atoms with Crippen molar-refractivity contribution in [3.63, 3.8) is 0 Å². The van der Waals surface area contributed by atoms with E-state index in [1.165, 1.54) is 0 Å². The van der Waals surface area contributed by atoms with Gasteiger partial charge in [0.1, 0.15) is 0 Å². The first-order valence-electron chi connectivity index (χ1n) is 5.24. The second kappa shape index (κ2) is 8.05. The van der Waals surface area contributed by atoms with E-state index in [1.54, 1.807) is 0 Å². The molecular formula is C10H22N2O. The third-order valence-corrected chi connectivity index (χ3v) is 2.08. The van der Waals surface area contributed by atoms with Gasteiger partial charge in [-0.05, 0) is 32.7 Å². The summed E-state index contributed by atoms with van der Waals surface area (Å²) in [6.45, 7) is 6.47. The van der Waals surface area contributed by atoms with Crippen LogP contribution in [-0.4, -0.2) is 30.4 Å². The summed E-state index contributed by atoms with van der Waals surface area (Å²) >= 11 is 0. The van der Waals surface area contributed by atoms with Crippen molar-refractivity contribution in [3.8, 4) is 0 Å². The Hall–Kier alpha value is -0.570. The van der Waals surface area contributed by atoms with Gasteiger partial charge in [-0.15, -0.1) is 0 Å². The Morgan fingerprint density at radius 1 is 1.31 bits per heavy atom. The molecule has 3 nitrogen and oxygen atoms in total. The molecule has 0 heterocycles. The fourth-order valence-corrected chi connectivity index (χ4v) is 1.28. The lowest BCUT2D eigenvalue weighted by atomic mass is 10.2. The monoisotopic (exact) mass is 186 g/mol. The summed E-state index contributed by atoms with van der Waals surface area (Å²) in [6, 6.07) is 0. The normalized spacial score (nSPS) is 10.1. The Bertz CT molecular complexity index is 137. The molecule has 0 saturated heterocycles. The van der Waals surface area contributed by atoms with Crippen LogP contribution in [0.15, 0.2) is 0 Å². The lowest BCUT2D eigenvalue weighted by Gasteiger charge is -2.20. The molecule has 1 amide bonds. The summed E-state index contributed by atoms with van der Waals surface area (Å²) < 4.78 is 0. The predicted octanol–water partition coefficient (Wildman–Crippen LogP) is 1.37. The van der Waals surface area contributed by atoms with Gasteiger partial charge >= 0.3 is 0 Å². The number of unbranched alkanes of at least 4 members (excludes halogenated alkanes) is 1. The summed E-state index contributed by atoms with van der Waals surface area (Å²) in [5.41, 5.74) is 5.39. The fraction of sp³-hybridized carbons (Fsp3) is 0.900. The largest absolute Gasteiger partial charge is 0.343 e. The van der Waals surface area contributed by atoms with Crippen LogP contribution in [-0.2, 0) is 4.79 Å². The Morgan fingerprint density at radius 2 is 2.00 bits per heavy atom. The zero-order chi connectivity index (χ0) is 10.1. The molecule has 0 radical (unpaired) electrons. The lowest BCUT2D eigenvalue weighted by Crippen LogP contribution is -2.31. The molecule has 0 saturated carbocycles. The van der Waals surface area contributed by atoms with Crippen molar-refractivity contribution in [3.05, 3.63) is 0 Å². The van der Waals surface area contributed by atoms with Gasteiger partial charge in [-0.2, -0.15) is 0 Å². The van der Waals surface area contributed by atoms with Crippen LogP contribution in [0.3, 0.4) is 0 Å². The molecule has 0 aromatic heterocycles. The van der Waals surface area contributed by atoms with Crippen molar-refractivity contribution in [2.45, 2.75) is 39.5 Å². The van der Waals surface area contributed by atoms with E-state index >= 15 is 0 Å². The van der Waals surface area contributed by atoms with Gasteiger partial charge in [0.15, 0.2) is 0 Å². The van der Waals surface area contributed by atoms with Crippen LogP contribution >= 0.6 is 0 Å². The average Bonchev–Trinajstić information content (AvgIpc) is 2.13. The molecule has 2 N–H and O–H groups in total. The number of carbonyl (C=O) groups excluding carboxylic acids is 1. The zero-order valence-electron chi connectivity index (χ0n) is 8.88. The Morgan fingerprint density at radius 3 is 2.46 bits per heavy atom. The number of amides is 1. The highest BCUT2D eigenvalue weighted by molar-refractivity contribution is 5.75. The predicted molar refractivity (Wildman–Crippen MR) is 55.5 cm³/mol.